The zero-order valence-corrected chi connectivity index (χ0v) is 16.0. The van der Waals surface area contributed by atoms with E-state index in [4.69, 9.17) is 9.47 Å². The van der Waals surface area contributed by atoms with Crippen molar-refractivity contribution >= 4 is 11.9 Å². The van der Waals surface area contributed by atoms with Crippen molar-refractivity contribution in [3.8, 4) is 0 Å². The van der Waals surface area contributed by atoms with Gasteiger partial charge in [0.15, 0.2) is 0 Å². The van der Waals surface area contributed by atoms with Crippen molar-refractivity contribution in [1.82, 2.24) is 4.90 Å². The highest BCUT2D eigenvalue weighted by Gasteiger charge is 2.38. The summed E-state index contributed by atoms with van der Waals surface area (Å²) in [5.41, 5.74) is 0. The largest absolute Gasteiger partial charge is 0.461 e. The molecule has 0 aromatic heterocycles. The van der Waals surface area contributed by atoms with E-state index in [0.717, 1.165) is 19.3 Å². The van der Waals surface area contributed by atoms with E-state index >= 15 is 0 Å². The van der Waals surface area contributed by atoms with Gasteiger partial charge in [-0.2, -0.15) is 0 Å². The summed E-state index contributed by atoms with van der Waals surface area (Å²) in [7, 11) is 3.64. The molecule has 1 saturated carbocycles. The number of rotatable bonds is 3. The van der Waals surface area contributed by atoms with Gasteiger partial charge in [-0.05, 0) is 71.0 Å². The van der Waals surface area contributed by atoms with Crippen LogP contribution in [-0.2, 0) is 19.1 Å². The van der Waals surface area contributed by atoms with E-state index in [9.17, 15) is 14.7 Å². The summed E-state index contributed by atoms with van der Waals surface area (Å²) >= 11 is 0. The second-order valence-electron chi connectivity index (χ2n) is 7.61. The van der Waals surface area contributed by atoms with E-state index in [1.54, 1.807) is 4.90 Å². The Morgan fingerprint density at radius 2 is 2.12 bits per heavy atom. The zero-order chi connectivity index (χ0) is 19.1. The lowest BCUT2D eigenvalue weighted by molar-refractivity contribution is -0.149. The molecule has 5 atom stereocenters. The van der Waals surface area contributed by atoms with Crippen LogP contribution in [0.5, 0.6) is 0 Å². The molecular weight excluding hydrogens is 334 g/mol. The molecule has 6 heteroatoms. The van der Waals surface area contributed by atoms with Crippen LogP contribution in [-0.4, -0.2) is 60.9 Å². The molecule has 146 valence electrons. The van der Waals surface area contributed by atoms with Crippen molar-refractivity contribution < 1.29 is 24.2 Å². The monoisotopic (exact) mass is 365 g/mol. The SMILES string of the molecule is C[C@@H]1CCC/C=C\[C@@H]2C[C@H](OC(=O)CN(C)C)C[C@@H]2[C@H](O)/C=C\C(=O)O1. The van der Waals surface area contributed by atoms with E-state index in [-0.39, 0.29) is 36.6 Å². The number of hydrogen-bond acceptors (Lipinski definition) is 6. The Balaban J connectivity index is 2.05. The second kappa shape index (κ2) is 9.88. The molecule has 1 aliphatic heterocycles. The number of ether oxygens (including phenoxy) is 2. The first-order valence-corrected chi connectivity index (χ1v) is 9.43. The van der Waals surface area contributed by atoms with E-state index in [1.165, 1.54) is 12.2 Å². The Morgan fingerprint density at radius 1 is 1.35 bits per heavy atom. The van der Waals surface area contributed by atoms with Gasteiger partial charge < -0.3 is 14.6 Å². The molecule has 0 aromatic rings. The van der Waals surface area contributed by atoms with Crippen LogP contribution in [0.25, 0.3) is 0 Å². The fraction of sp³-hybridized carbons (Fsp3) is 0.700. The lowest BCUT2D eigenvalue weighted by Gasteiger charge is -2.19. The van der Waals surface area contributed by atoms with Gasteiger partial charge >= 0.3 is 11.9 Å². The van der Waals surface area contributed by atoms with Gasteiger partial charge in [-0.3, -0.25) is 9.69 Å². The average Bonchev–Trinajstić information content (AvgIpc) is 2.93. The van der Waals surface area contributed by atoms with Crippen molar-refractivity contribution in [2.75, 3.05) is 20.6 Å². The Bertz CT molecular complexity index is 542. The zero-order valence-electron chi connectivity index (χ0n) is 16.0. The highest BCUT2D eigenvalue weighted by atomic mass is 16.5. The number of esters is 2. The number of carbonyl (C=O) groups is 2. The molecule has 0 saturated heterocycles. The maximum Gasteiger partial charge on any atom is 0.330 e. The fourth-order valence-corrected chi connectivity index (χ4v) is 3.66. The van der Waals surface area contributed by atoms with Crippen molar-refractivity contribution in [2.45, 2.75) is 57.3 Å². The number of hydrogen-bond donors (Lipinski definition) is 1. The summed E-state index contributed by atoms with van der Waals surface area (Å²) in [6.07, 6.45) is 9.91. The third-order valence-electron chi connectivity index (χ3n) is 4.91. The van der Waals surface area contributed by atoms with E-state index in [1.807, 2.05) is 21.0 Å². The summed E-state index contributed by atoms with van der Waals surface area (Å²) in [5.74, 6) is -0.626. The number of allylic oxidation sites excluding steroid dienone is 2. The molecule has 0 unspecified atom stereocenters. The minimum absolute atomic E-state index is 0.0781. The molecule has 1 aliphatic carbocycles. The fourth-order valence-electron chi connectivity index (χ4n) is 3.66. The van der Waals surface area contributed by atoms with Crippen LogP contribution in [0.15, 0.2) is 24.3 Å². The molecule has 2 rings (SSSR count). The van der Waals surface area contributed by atoms with Crippen LogP contribution in [0.1, 0.15) is 39.0 Å². The molecule has 0 bridgehead atoms. The molecule has 26 heavy (non-hydrogen) atoms. The molecule has 0 aromatic carbocycles. The van der Waals surface area contributed by atoms with Crippen molar-refractivity contribution in [3.05, 3.63) is 24.3 Å². The quantitative estimate of drug-likeness (QED) is 0.610. The molecular formula is C20H31NO5. The van der Waals surface area contributed by atoms with Crippen LogP contribution in [0.4, 0.5) is 0 Å². The van der Waals surface area contributed by atoms with Gasteiger partial charge in [0.2, 0.25) is 0 Å². The topological polar surface area (TPSA) is 76.1 Å². The van der Waals surface area contributed by atoms with Gasteiger partial charge in [-0.25, -0.2) is 4.79 Å². The summed E-state index contributed by atoms with van der Waals surface area (Å²) in [6, 6.07) is 0. The van der Waals surface area contributed by atoms with Crippen LogP contribution >= 0.6 is 0 Å². The maximum atomic E-state index is 11.9. The van der Waals surface area contributed by atoms with E-state index in [0.29, 0.717) is 12.8 Å². The Kier molecular flexibility index (Phi) is 7.85. The molecule has 6 nitrogen and oxygen atoms in total. The smallest absolute Gasteiger partial charge is 0.330 e. The van der Waals surface area contributed by atoms with Gasteiger partial charge in [0.25, 0.3) is 0 Å². The second-order valence-corrected chi connectivity index (χ2v) is 7.61. The Morgan fingerprint density at radius 3 is 2.85 bits per heavy atom. The molecule has 1 heterocycles. The van der Waals surface area contributed by atoms with Crippen molar-refractivity contribution in [2.24, 2.45) is 11.8 Å². The third kappa shape index (κ3) is 6.57. The van der Waals surface area contributed by atoms with Crippen LogP contribution in [0, 0.1) is 11.8 Å². The van der Waals surface area contributed by atoms with Gasteiger partial charge in [-0.1, -0.05) is 12.2 Å². The standard InChI is InChI=1S/C20H31NO5/c1-14-7-5-4-6-8-15-11-16(26-20(24)13-21(2)3)12-17(15)18(22)9-10-19(23)25-14/h6,8-10,14-18,22H,4-5,7,11-13H2,1-3H3/b8-6-,10-9-/t14-,15-,16+,17+,18-/m1/s1. The van der Waals surface area contributed by atoms with Gasteiger partial charge in [-0.15, -0.1) is 0 Å². The Labute approximate surface area is 155 Å². The molecule has 0 radical (unpaired) electrons. The number of nitrogens with zero attached hydrogens (tertiary/aromatic N) is 1. The third-order valence-corrected chi connectivity index (χ3v) is 4.91. The Hall–Kier alpha value is -1.66. The molecule has 0 amide bonds. The first-order valence-electron chi connectivity index (χ1n) is 9.43. The van der Waals surface area contributed by atoms with Crippen molar-refractivity contribution in [1.29, 1.82) is 0 Å². The van der Waals surface area contributed by atoms with E-state index < -0.39 is 12.1 Å². The number of likely N-dealkylation sites (N-methyl/N-ethyl adjacent to an activating group) is 1. The highest BCUT2D eigenvalue weighted by Crippen LogP contribution is 2.38. The predicted molar refractivity (Wildman–Crippen MR) is 98.3 cm³/mol. The number of aliphatic hydroxyl groups is 1. The first kappa shape index (κ1) is 20.6. The van der Waals surface area contributed by atoms with Crippen LogP contribution < -0.4 is 0 Å². The van der Waals surface area contributed by atoms with Crippen LogP contribution in [0.3, 0.4) is 0 Å². The average molecular weight is 365 g/mol. The molecule has 2 aliphatic rings. The lowest BCUT2D eigenvalue weighted by atomic mass is 9.90. The number of aliphatic hydroxyl groups excluding tert-OH is 1. The molecule has 1 N–H and O–H groups in total. The van der Waals surface area contributed by atoms with Crippen molar-refractivity contribution in [3.63, 3.8) is 0 Å². The minimum atomic E-state index is -0.772. The summed E-state index contributed by atoms with van der Waals surface area (Å²) in [5, 5.41) is 10.5. The summed E-state index contributed by atoms with van der Waals surface area (Å²) in [4.78, 5) is 25.5. The summed E-state index contributed by atoms with van der Waals surface area (Å²) in [6.45, 7) is 2.13. The molecule has 1 fully saturated rings. The molecule has 0 spiro atoms. The number of cyclic esters (lactones) is 1. The van der Waals surface area contributed by atoms with Crippen LogP contribution in [0.2, 0.25) is 0 Å². The summed E-state index contributed by atoms with van der Waals surface area (Å²) < 4.78 is 10.9. The lowest BCUT2D eigenvalue weighted by Crippen LogP contribution is -2.27. The minimum Gasteiger partial charge on any atom is -0.461 e. The highest BCUT2D eigenvalue weighted by molar-refractivity contribution is 5.82. The van der Waals surface area contributed by atoms with Gasteiger partial charge in [0.1, 0.15) is 6.10 Å². The predicted octanol–water partition coefficient (Wildman–Crippen LogP) is 2.07. The normalized spacial score (nSPS) is 35.4. The first-order chi connectivity index (χ1) is 12.3. The van der Waals surface area contributed by atoms with E-state index in [2.05, 4.69) is 12.2 Å². The van der Waals surface area contributed by atoms with Gasteiger partial charge in [0, 0.05) is 6.08 Å². The number of fused-ring (bicyclic) bond motifs is 1. The van der Waals surface area contributed by atoms with Gasteiger partial charge in [0.05, 0.1) is 18.8 Å². The number of carbonyl (C=O) groups excluding carboxylic acids is 2. The maximum absolute atomic E-state index is 11.9.